The molecule has 1 aromatic heterocycles. The van der Waals surface area contributed by atoms with E-state index in [0.29, 0.717) is 0 Å². The van der Waals surface area contributed by atoms with Crippen molar-refractivity contribution in [2.45, 2.75) is 6.42 Å². The maximum Gasteiger partial charge on any atom is 0.176 e. The largest absolute Gasteiger partial charge is 0.457 e. The summed E-state index contributed by atoms with van der Waals surface area (Å²) in [6, 6.07) is 16.1. The number of furan rings is 1. The Labute approximate surface area is 98.4 Å². The van der Waals surface area contributed by atoms with Crippen LogP contribution in [0.25, 0.3) is 11.0 Å². The lowest BCUT2D eigenvalue weighted by Crippen LogP contribution is -1.99. The van der Waals surface area contributed by atoms with Crippen LogP contribution in [0.2, 0.25) is 0 Å². The Bertz CT molecular complexity index is 710. The fraction of sp³-hybridized carbons (Fsp3) is 0.0667. The molecule has 1 aliphatic heterocycles. The van der Waals surface area contributed by atoms with Gasteiger partial charge in [0, 0.05) is 12.0 Å². The summed E-state index contributed by atoms with van der Waals surface area (Å²) < 4.78 is 11.8. The van der Waals surface area contributed by atoms with Crippen molar-refractivity contribution in [3.63, 3.8) is 0 Å². The van der Waals surface area contributed by atoms with Crippen molar-refractivity contribution in [2.75, 3.05) is 0 Å². The molecule has 2 heteroatoms. The molecule has 0 fully saturated rings. The van der Waals surface area contributed by atoms with Crippen LogP contribution in [0, 0.1) is 0 Å². The highest BCUT2D eigenvalue weighted by Gasteiger charge is 2.22. The molecule has 1 aliphatic rings. The van der Waals surface area contributed by atoms with E-state index in [1.54, 1.807) is 0 Å². The van der Waals surface area contributed by atoms with Crippen LogP contribution in [0.3, 0.4) is 0 Å². The monoisotopic (exact) mass is 222 g/mol. The standard InChI is InChI=1S/C15H10O2/c1-3-7-12-10(5-1)9-14-15(17-12)11-6-2-4-8-13(11)16-14/h1-8H,9H2. The molecule has 17 heavy (non-hydrogen) atoms. The van der Waals surface area contributed by atoms with E-state index in [0.717, 1.165) is 34.6 Å². The van der Waals surface area contributed by atoms with E-state index in [-0.39, 0.29) is 0 Å². The third-order valence-electron chi connectivity index (χ3n) is 3.15. The Morgan fingerprint density at radius 1 is 0.882 bits per heavy atom. The molecule has 0 saturated heterocycles. The summed E-state index contributed by atoms with van der Waals surface area (Å²) >= 11 is 0. The molecule has 2 aromatic carbocycles. The van der Waals surface area contributed by atoms with Gasteiger partial charge in [-0.1, -0.05) is 30.3 Å². The summed E-state index contributed by atoms with van der Waals surface area (Å²) in [6.45, 7) is 0. The normalized spacial score (nSPS) is 12.9. The minimum atomic E-state index is 0.806. The lowest BCUT2D eigenvalue weighted by Gasteiger charge is -2.15. The molecule has 4 rings (SSSR count). The summed E-state index contributed by atoms with van der Waals surface area (Å²) in [5, 5.41) is 1.05. The Morgan fingerprint density at radius 2 is 1.71 bits per heavy atom. The van der Waals surface area contributed by atoms with E-state index in [1.807, 2.05) is 42.5 Å². The molecule has 0 aliphatic carbocycles. The van der Waals surface area contributed by atoms with Crippen molar-refractivity contribution in [2.24, 2.45) is 0 Å². The van der Waals surface area contributed by atoms with Crippen LogP contribution in [0.1, 0.15) is 11.3 Å². The molecule has 0 unspecified atom stereocenters. The predicted octanol–water partition coefficient (Wildman–Crippen LogP) is 4.13. The lowest BCUT2D eigenvalue weighted by atomic mass is 10.1. The third-order valence-corrected chi connectivity index (χ3v) is 3.15. The maximum absolute atomic E-state index is 5.94. The topological polar surface area (TPSA) is 22.4 Å². The Balaban J connectivity index is 1.97. The summed E-state index contributed by atoms with van der Waals surface area (Å²) in [7, 11) is 0. The van der Waals surface area contributed by atoms with Crippen LogP contribution in [-0.4, -0.2) is 0 Å². The number of benzene rings is 2. The number of hydrogen-bond acceptors (Lipinski definition) is 2. The third kappa shape index (κ3) is 1.21. The molecule has 2 heterocycles. The molecule has 0 atom stereocenters. The van der Waals surface area contributed by atoms with Gasteiger partial charge in [0.2, 0.25) is 0 Å². The molecule has 0 N–H and O–H groups in total. The second-order valence-electron chi connectivity index (χ2n) is 4.24. The first-order valence-electron chi connectivity index (χ1n) is 5.68. The molecule has 3 aromatic rings. The zero-order valence-corrected chi connectivity index (χ0v) is 9.14. The van der Waals surface area contributed by atoms with Gasteiger partial charge < -0.3 is 9.15 Å². The lowest BCUT2D eigenvalue weighted by molar-refractivity contribution is 0.430. The van der Waals surface area contributed by atoms with E-state index in [1.165, 1.54) is 5.56 Å². The van der Waals surface area contributed by atoms with Crippen molar-refractivity contribution in [1.29, 1.82) is 0 Å². The highest BCUT2D eigenvalue weighted by Crippen LogP contribution is 2.42. The fourth-order valence-corrected chi connectivity index (χ4v) is 2.33. The molecule has 0 saturated carbocycles. The molecule has 0 radical (unpaired) electrons. The van der Waals surface area contributed by atoms with E-state index < -0.39 is 0 Å². The molecule has 0 bridgehead atoms. The van der Waals surface area contributed by atoms with E-state index in [9.17, 15) is 0 Å². The fourth-order valence-electron chi connectivity index (χ4n) is 2.33. The number of para-hydroxylation sites is 2. The summed E-state index contributed by atoms with van der Waals surface area (Å²) in [5.74, 6) is 2.73. The SMILES string of the molecule is c1ccc2c(c1)Cc1oc3ccccc3c1O2. The van der Waals surface area contributed by atoms with Crippen LogP contribution in [0.5, 0.6) is 11.5 Å². The first-order valence-corrected chi connectivity index (χ1v) is 5.68. The number of ether oxygens (including phenoxy) is 1. The average molecular weight is 222 g/mol. The molecule has 2 nitrogen and oxygen atoms in total. The van der Waals surface area contributed by atoms with E-state index >= 15 is 0 Å². The quantitative estimate of drug-likeness (QED) is 0.446. The van der Waals surface area contributed by atoms with Gasteiger partial charge in [-0.15, -0.1) is 0 Å². The van der Waals surface area contributed by atoms with Gasteiger partial charge in [-0.2, -0.15) is 0 Å². The second kappa shape index (κ2) is 3.14. The highest BCUT2D eigenvalue weighted by atomic mass is 16.5. The minimum absolute atomic E-state index is 0.806. The van der Waals surface area contributed by atoms with Crippen LogP contribution < -0.4 is 4.74 Å². The van der Waals surface area contributed by atoms with Crippen molar-refractivity contribution >= 4 is 11.0 Å². The van der Waals surface area contributed by atoms with Crippen LogP contribution in [0.15, 0.2) is 52.9 Å². The van der Waals surface area contributed by atoms with E-state index in [2.05, 4.69) is 6.07 Å². The number of hydrogen-bond donors (Lipinski definition) is 0. The van der Waals surface area contributed by atoms with Crippen LogP contribution >= 0.6 is 0 Å². The first kappa shape index (κ1) is 8.88. The van der Waals surface area contributed by atoms with Crippen LogP contribution in [-0.2, 0) is 6.42 Å². The second-order valence-corrected chi connectivity index (χ2v) is 4.24. The molecule has 82 valence electrons. The molecule has 0 amide bonds. The maximum atomic E-state index is 5.94. The van der Waals surface area contributed by atoms with Crippen LogP contribution in [0.4, 0.5) is 0 Å². The number of rotatable bonds is 0. The van der Waals surface area contributed by atoms with Gasteiger partial charge in [-0.25, -0.2) is 0 Å². The molecule has 0 spiro atoms. The predicted molar refractivity (Wildman–Crippen MR) is 65.5 cm³/mol. The Kier molecular flexibility index (Phi) is 1.64. The van der Waals surface area contributed by atoms with Gasteiger partial charge in [0.05, 0.1) is 5.39 Å². The summed E-state index contributed by atoms with van der Waals surface area (Å²) in [6.07, 6.45) is 0.806. The van der Waals surface area contributed by atoms with Crippen molar-refractivity contribution in [1.82, 2.24) is 0 Å². The molecular weight excluding hydrogens is 212 g/mol. The van der Waals surface area contributed by atoms with Crippen molar-refractivity contribution in [3.8, 4) is 11.5 Å². The minimum Gasteiger partial charge on any atom is -0.457 e. The molecular formula is C15H10O2. The smallest absolute Gasteiger partial charge is 0.176 e. The van der Waals surface area contributed by atoms with Crippen molar-refractivity contribution < 1.29 is 9.15 Å². The average Bonchev–Trinajstić information content (AvgIpc) is 2.73. The van der Waals surface area contributed by atoms with Gasteiger partial charge in [-0.3, -0.25) is 0 Å². The van der Waals surface area contributed by atoms with Gasteiger partial charge >= 0.3 is 0 Å². The zero-order chi connectivity index (χ0) is 11.2. The summed E-state index contributed by atoms with van der Waals surface area (Å²) in [4.78, 5) is 0. The highest BCUT2D eigenvalue weighted by molar-refractivity contribution is 5.86. The van der Waals surface area contributed by atoms with Crippen molar-refractivity contribution in [3.05, 3.63) is 59.9 Å². The van der Waals surface area contributed by atoms with Gasteiger partial charge in [-0.05, 0) is 18.2 Å². The van der Waals surface area contributed by atoms with Gasteiger partial charge in [0.25, 0.3) is 0 Å². The Hall–Kier alpha value is -2.22. The number of fused-ring (bicyclic) bond motifs is 4. The van der Waals surface area contributed by atoms with Gasteiger partial charge in [0.15, 0.2) is 11.5 Å². The zero-order valence-electron chi connectivity index (χ0n) is 9.14. The van der Waals surface area contributed by atoms with E-state index in [4.69, 9.17) is 9.15 Å². The first-order chi connectivity index (χ1) is 8.42. The van der Waals surface area contributed by atoms with Gasteiger partial charge in [0.1, 0.15) is 11.3 Å². The summed E-state index contributed by atoms with van der Waals surface area (Å²) in [5.41, 5.74) is 2.07. The Morgan fingerprint density at radius 3 is 2.71 bits per heavy atom.